The fraction of sp³-hybridized carbons (Fsp3) is 0.800. The summed E-state index contributed by atoms with van der Waals surface area (Å²) in [5.41, 5.74) is 5.83. The van der Waals surface area contributed by atoms with E-state index in [1.54, 1.807) is 0 Å². The molecule has 0 aromatic rings. The fourth-order valence-corrected chi connectivity index (χ4v) is 5.34. The SMILES string of the molecule is CCC1CCC(N/C(C)=C\C(=N/N/C=C\C(C)C)C2CCC3(CCCO3)CC2)C1. The first-order valence-corrected chi connectivity index (χ1v) is 12.1. The number of ether oxygens (including phenoxy) is 1. The van der Waals surface area contributed by atoms with Crippen LogP contribution in [0.3, 0.4) is 0 Å². The van der Waals surface area contributed by atoms with Gasteiger partial charge < -0.3 is 10.1 Å². The van der Waals surface area contributed by atoms with Crippen molar-refractivity contribution in [3.63, 3.8) is 0 Å². The number of rotatable bonds is 8. The van der Waals surface area contributed by atoms with Crippen molar-refractivity contribution >= 4 is 5.71 Å². The molecule has 2 N–H and O–H groups in total. The normalized spacial score (nSPS) is 33.9. The van der Waals surface area contributed by atoms with Crippen molar-refractivity contribution in [2.45, 2.75) is 104 Å². The summed E-state index contributed by atoms with van der Waals surface area (Å²) in [5, 5.41) is 8.58. The Kier molecular flexibility index (Phi) is 8.23. The van der Waals surface area contributed by atoms with Gasteiger partial charge in [-0.15, -0.1) is 0 Å². The largest absolute Gasteiger partial charge is 0.386 e. The molecule has 4 nitrogen and oxygen atoms in total. The van der Waals surface area contributed by atoms with E-state index < -0.39 is 0 Å². The molecule has 1 spiro atoms. The highest BCUT2D eigenvalue weighted by atomic mass is 16.5. The topological polar surface area (TPSA) is 45.7 Å². The van der Waals surface area contributed by atoms with Crippen LogP contribution in [0.2, 0.25) is 0 Å². The number of nitrogens with zero attached hydrogens (tertiary/aromatic N) is 1. The number of hydrazone groups is 1. The van der Waals surface area contributed by atoms with Crippen LogP contribution in [0.1, 0.15) is 91.9 Å². The van der Waals surface area contributed by atoms with E-state index in [1.807, 2.05) is 6.20 Å². The summed E-state index contributed by atoms with van der Waals surface area (Å²) in [7, 11) is 0. The molecular weight excluding hydrogens is 358 g/mol. The number of allylic oxidation sites excluding steroid dienone is 3. The summed E-state index contributed by atoms with van der Waals surface area (Å²) in [6, 6.07) is 0.632. The molecule has 0 radical (unpaired) electrons. The van der Waals surface area contributed by atoms with E-state index in [9.17, 15) is 0 Å². The van der Waals surface area contributed by atoms with Gasteiger partial charge in [0.1, 0.15) is 0 Å². The summed E-state index contributed by atoms with van der Waals surface area (Å²) in [4.78, 5) is 0. The summed E-state index contributed by atoms with van der Waals surface area (Å²) >= 11 is 0. The van der Waals surface area contributed by atoms with E-state index in [-0.39, 0.29) is 5.60 Å². The quantitative estimate of drug-likeness (QED) is 0.392. The van der Waals surface area contributed by atoms with E-state index in [2.05, 4.69) is 50.6 Å². The average Bonchev–Trinajstić information content (AvgIpc) is 3.34. The Balaban J connectivity index is 1.63. The monoisotopic (exact) mass is 401 g/mol. The van der Waals surface area contributed by atoms with Gasteiger partial charge in [0.15, 0.2) is 0 Å². The molecule has 0 bridgehead atoms. The van der Waals surface area contributed by atoms with Crippen LogP contribution in [0.15, 0.2) is 29.2 Å². The molecule has 4 heteroatoms. The Morgan fingerprint density at radius 2 is 1.97 bits per heavy atom. The maximum atomic E-state index is 6.13. The third-order valence-electron chi connectivity index (χ3n) is 7.16. The standard InChI is InChI=1S/C25H43N3O/c1-5-21-7-8-23(18-21)27-20(4)17-24(28-26-15-11-19(2)3)22-9-13-25(14-10-22)12-6-16-29-25/h11,15,17,19,21-23,26-27H,5-10,12-14,16,18H2,1-4H3/b15-11-,20-17-,28-24+. The second-order valence-electron chi connectivity index (χ2n) is 9.93. The first-order chi connectivity index (χ1) is 14.0. The first kappa shape index (κ1) is 22.4. The number of hydrogen-bond acceptors (Lipinski definition) is 4. The Bertz CT molecular complexity index is 591. The summed E-state index contributed by atoms with van der Waals surface area (Å²) < 4.78 is 6.13. The van der Waals surface area contributed by atoms with Crippen LogP contribution in [0.4, 0.5) is 0 Å². The molecule has 2 unspecified atom stereocenters. The lowest BCUT2D eigenvalue weighted by molar-refractivity contribution is -0.0291. The van der Waals surface area contributed by atoms with Crippen LogP contribution in [-0.4, -0.2) is 24.0 Å². The van der Waals surface area contributed by atoms with E-state index >= 15 is 0 Å². The van der Waals surface area contributed by atoms with Crippen LogP contribution in [0.5, 0.6) is 0 Å². The molecule has 1 aliphatic heterocycles. The van der Waals surface area contributed by atoms with Crippen molar-refractivity contribution in [3.05, 3.63) is 24.0 Å². The lowest BCUT2D eigenvalue weighted by Gasteiger charge is -2.36. The van der Waals surface area contributed by atoms with Gasteiger partial charge in [-0.3, -0.25) is 5.43 Å². The van der Waals surface area contributed by atoms with Crippen LogP contribution in [0.25, 0.3) is 0 Å². The number of nitrogens with one attached hydrogen (secondary N) is 2. The highest BCUT2D eigenvalue weighted by Crippen LogP contribution is 2.42. The smallest absolute Gasteiger partial charge is 0.0683 e. The first-order valence-electron chi connectivity index (χ1n) is 12.1. The Morgan fingerprint density at radius 1 is 1.17 bits per heavy atom. The second-order valence-corrected chi connectivity index (χ2v) is 9.93. The second kappa shape index (κ2) is 10.7. The molecule has 1 saturated heterocycles. The maximum Gasteiger partial charge on any atom is 0.0683 e. The predicted octanol–water partition coefficient (Wildman–Crippen LogP) is 5.91. The van der Waals surface area contributed by atoms with Gasteiger partial charge in [-0.25, -0.2) is 0 Å². The molecule has 29 heavy (non-hydrogen) atoms. The summed E-state index contributed by atoms with van der Waals surface area (Å²) in [5.74, 6) is 1.95. The third kappa shape index (κ3) is 6.60. The third-order valence-corrected chi connectivity index (χ3v) is 7.16. The van der Waals surface area contributed by atoms with Gasteiger partial charge in [0.05, 0.1) is 11.3 Å². The minimum absolute atomic E-state index is 0.183. The van der Waals surface area contributed by atoms with E-state index in [1.165, 1.54) is 75.6 Å². The van der Waals surface area contributed by atoms with Gasteiger partial charge in [-0.2, -0.15) is 5.10 Å². The molecular formula is C25H43N3O. The van der Waals surface area contributed by atoms with Gasteiger partial charge in [0.25, 0.3) is 0 Å². The highest BCUT2D eigenvalue weighted by Gasteiger charge is 2.39. The molecule has 0 amide bonds. The van der Waals surface area contributed by atoms with Gasteiger partial charge in [0.2, 0.25) is 0 Å². The van der Waals surface area contributed by atoms with E-state index in [0.29, 0.717) is 17.9 Å². The van der Waals surface area contributed by atoms with Crippen LogP contribution in [-0.2, 0) is 4.74 Å². The van der Waals surface area contributed by atoms with Crippen molar-refractivity contribution in [1.29, 1.82) is 0 Å². The summed E-state index contributed by atoms with van der Waals surface area (Å²) in [6.07, 6.45) is 18.9. The lowest BCUT2D eigenvalue weighted by atomic mass is 9.75. The zero-order valence-corrected chi connectivity index (χ0v) is 19.2. The Morgan fingerprint density at radius 3 is 2.59 bits per heavy atom. The van der Waals surface area contributed by atoms with Gasteiger partial charge in [0, 0.05) is 30.5 Å². The van der Waals surface area contributed by atoms with Crippen LogP contribution >= 0.6 is 0 Å². The molecule has 2 aliphatic carbocycles. The van der Waals surface area contributed by atoms with Crippen molar-refractivity contribution in [3.8, 4) is 0 Å². The molecule has 0 aromatic carbocycles. The molecule has 3 aliphatic rings. The average molecular weight is 402 g/mol. The molecule has 2 atom stereocenters. The van der Waals surface area contributed by atoms with Gasteiger partial charge >= 0.3 is 0 Å². The molecule has 3 fully saturated rings. The Hall–Kier alpha value is -1.29. The molecule has 1 heterocycles. The fourth-order valence-electron chi connectivity index (χ4n) is 5.34. The maximum absolute atomic E-state index is 6.13. The molecule has 2 saturated carbocycles. The zero-order valence-electron chi connectivity index (χ0n) is 19.2. The van der Waals surface area contributed by atoms with Crippen LogP contribution < -0.4 is 10.7 Å². The van der Waals surface area contributed by atoms with Gasteiger partial charge in [-0.1, -0.05) is 33.3 Å². The van der Waals surface area contributed by atoms with Crippen molar-refractivity contribution in [2.24, 2.45) is 22.9 Å². The summed E-state index contributed by atoms with van der Waals surface area (Å²) in [6.45, 7) is 9.86. The minimum Gasteiger partial charge on any atom is -0.386 e. The predicted molar refractivity (Wildman–Crippen MR) is 123 cm³/mol. The van der Waals surface area contributed by atoms with E-state index in [0.717, 1.165) is 12.5 Å². The van der Waals surface area contributed by atoms with Gasteiger partial charge in [-0.05, 0) is 82.6 Å². The van der Waals surface area contributed by atoms with Crippen LogP contribution in [0, 0.1) is 17.8 Å². The van der Waals surface area contributed by atoms with Crippen molar-refractivity contribution in [2.75, 3.05) is 6.61 Å². The molecule has 164 valence electrons. The van der Waals surface area contributed by atoms with Crippen molar-refractivity contribution < 1.29 is 4.74 Å². The van der Waals surface area contributed by atoms with Crippen molar-refractivity contribution in [1.82, 2.24) is 10.7 Å². The zero-order chi connectivity index (χ0) is 20.7. The lowest BCUT2D eigenvalue weighted by Crippen LogP contribution is -2.35. The minimum atomic E-state index is 0.183. The van der Waals surface area contributed by atoms with E-state index in [4.69, 9.17) is 9.84 Å². The highest BCUT2D eigenvalue weighted by molar-refractivity contribution is 5.97. The molecule has 3 rings (SSSR count). The Labute approximate surface area is 178 Å². The molecule has 0 aromatic heterocycles. The number of hydrogen-bond donors (Lipinski definition) is 2.